The van der Waals surface area contributed by atoms with Crippen LogP contribution in [-0.4, -0.2) is 26.3 Å². The molecule has 0 fully saturated rings. The van der Waals surface area contributed by atoms with Crippen LogP contribution in [0.25, 0.3) is 0 Å². The van der Waals surface area contributed by atoms with E-state index in [2.05, 4.69) is 12.2 Å². The highest BCUT2D eigenvalue weighted by molar-refractivity contribution is 4.99. The molecule has 0 saturated carbocycles. The van der Waals surface area contributed by atoms with Gasteiger partial charge in [-0.1, -0.05) is 0 Å². The fraction of sp³-hybridized carbons (Fsp3) is 0.692. The Labute approximate surface area is 98.2 Å². The minimum Gasteiger partial charge on any atom is -0.469 e. The fourth-order valence-corrected chi connectivity index (χ4v) is 1.70. The Morgan fingerprint density at radius 2 is 2.25 bits per heavy atom. The van der Waals surface area contributed by atoms with E-state index in [1.165, 1.54) is 12.8 Å². The average Bonchev–Trinajstić information content (AvgIpc) is 2.76. The number of hydrogen-bond acceptors (Lipinski definition) is 3. The maximum absolute atomic E-state index is 5.31. The van der Waals surface area contributed by atoms with Crippen LogP contribution in [0.15, 0.2) is 22.8 Å². The van der Waals surface area contributed by atoms with Crippen molar-refractivity contribution in [3.8, 4) is 0 Å². The molecule has 1 aromatic rings. The Bertz CT molecular complexity index is 246. The third-order valence-electron chi connectivity index (χ3n) is 2.61. The van der Waals surface area contributed by atoms with E-state index in [9.17, 15) is 0 Å². The summed E-state index contributed by atoms with van der Waals surface area (Å²) >= 11 is 0. The summed E-state index contributed by atoms with van der Waals surface area (Å²) in [6, 6.07) is 4.44. The number of hydrogen-bond donors (Lipinski definition) is 1. The first kappa shape index (κ1) is 13.3. The molecule has 0 bridgehead atoms. The Hall–Kier alpha value is -0.800. The monoisotopic (exact) mass is 225 g/mol. The van der Waals surface area contributed by atoms with Crippen LogP contribution in [0, 0.1) is 0 Å². The third-order valence-corrected chi connectivity index (χ3v) is 2.61. The minimum atomic E-state index is 0.480. The molecule has 1 atom stereocenters. The Balaban J connectivity index is 1.96. The first-order valence-electron chi connectivity index (χ1n) is 6.07. The quantitative estimate of drug-likeness (QED) is 0.656. The Morgan fingerprint density at radius 1 is 1.38 bits per heavy atom. The van der Waals surface area contributed by atoms with Crippen LogP contribution in [0.3, 0.4) is 0 Å². The van der Waals surface area contributed by atoms with Crippen molar-refractivity contribution in [2.45, 2.75) is 38.6 Å². The maximum atomic E-state index is 5.31. The van der Waals surface area contributed by atoms with Gasteiger partial charge in [0.1, 0.15) is 5.76 Å². The van der Waals surface area contributed by atoms with Crippen molar-refractivity contribution in [2.75, 3.05) is 20.3 Å². The summed E-state index contributed by atoms with van der Waals surface area (Å²) in [5, 5.41) is 3.50. The highest BCUT2D eigenvalue weighted by Crippen LogP contribution is 2.04. The van der Waals surface area contributed by atoms with Crippen molar-refractivity contribution in [2.24, 2.45) is 0 Å². The van der Waals surface area contributed by atoms with E-state index in [1.807, 2.05) is 12.1 Å². The highest BCUT2D eigenvalue weighted by Gasteiger charge is 2.04. The first-order chi connectivity index (χ1) is 7.83. The van der Waals surface area contributed by atoms with Gasteiger partial charge in [0.2, 0.25) is 0 Å². The van der Waals surface area contributed by atoms with Crippen molar-refractivity contribution in [3.63, 3.8) is 0 Å². The van der Waals surface area contributed by atoms with E-state index in [1.54, 1.807) is 13.4 Å². The second-order valence-corrected chi connectivity index (χ2v) is 4.19. The highest BCUT2D eigenvalue weighted by atomic mass is 16.5. The van der Waals surface area contributed by atoms with Crippen LogP contribution >= 0.6 is 0 Å². The number of furan rings is 1. The molecule has 0 aliphatic rings. The lowest BCUT2D eigenvalue weighted by Crippen LogP contribution is -2.28. The largest absolute Gasteiger partial charge is 0.469 e. The summed E-state index contributed by atoms with van der Waals surface area (Å²) in [6.07, 6.45) is 6.29. The number of rotatable bonds is 9. The molecule has 0 saturated heterocycles. The number of ether oxygens (including phenoxy) is 1. The van der Waals surface area contributed by atoms with Gasteiger partial charge in [-0.25, -0.2) is 0 Å². The number of methoxy groups -OCH3 is 1. The predicted octanol–water partition coefficient (Wildman–Crippen LogP) is 2.62. The maximum Gasteiger partial charge on any atom is 0.105 e. The molecular weight excluding hydrogens is 202 g/mol. The molecule has 3 nitrogen and oxygen atoms in total. The van der Waals surface area contributed by atoms with Gasteiger partial charge in [0.15, 0.2) is 0 Å². The molecule has 3 heteroatoms. The molecule has 1 aromatic heterocycles. The SMILES string of the molecule is COCCCCCNC(C)Cc1ccco1. The fourth-order valence-electron chi connectivity index (χ4n) is 1.70. The zero-order valence-corrected chi connectivity index (χ0v) is 10.4. The standard InChI is InChI=1S/C13H23NO2/c1-12(11-13-7-6-10-16-13)14-8-4-3-5-9-15-2/h6-7,10,12,14H,3-5,8-9,11H2,1-2H3. The number of unbranched alkanes of at least 4 members (excludes halogenated alkanes) is 2. The lowest BCUT2D eigenvalue weighted by Gasteiger charge is -2.12. The van der Waals surface area contributed by atoms with Gasteiger partial charge >= 0.3 is 0 Å². The van der Waals surface area contributed by atoms with Crippen LogP contribution in [0.1, 0.15) is 31.9 Å². The summed E-state index contributed by atoms with van der Waals surface area (Å²) in [6.45, 7) is 4.14. The van der Waals surface area contributed by atoms with Gasteiger partial charge in [-0.2, -0.15) is 0 Å². The van der Waals surface area contributed by atoms with Gasteiger partial charge in [-0.15, -0.1) is 0 Å². The second-order valence-electron chi connectivity index (χ2n) is 4.19. The summed E-state index contributed by atoms with van der Waals surface area (Å²) in [4.78, 5) is 0. The van der Waals surface area contributed by atoms with E-state index in [0.717, 1.165) is 31.8 Å². The van der Waals surface area contributed by atoms with Gasteiger partial charge in [0.25, 0.3) is 0 Å². The second kappa shape index (κ2) is 8.36. The summed E-state index contributed by atoms with van der Waals surface area (Å²) in [5.41, 5.74) is 0. The van der Waals surface area contributed by atoms with Gasteiger partial charge < -0.3 is 14.5 Å². The average molecular weight is 225 g/mol. The van der Waals surface area contributed by atoms with Gasteiger partial charge in [0.05, 0.1) is 6.26 Å². The van der Waals surface area contributed by atoms with Crippen LogP contribution in [0.4, 0.5) is 0 Å². The zero-order valence-electron chi connectivity index (χ0n) is 10.4. The van der Waals surface area contributed by atoms with Crippen LogP contribution in [-0.2, 0) is 11.2 Å². The molecule has 0 amide bonds. The molecule has 0 radical (unpaired) electrons. The molecule has 1 rings (SSSR count). The predicted molar refractivity (Wildman–Crippen MR) is 65.6 cm³/mol. The van der Waals surface area contributed by atoms with E-state index >= 15 is 0 Å². The number of nitrogens with one attached hydrogen (secondary N) is 1. The molecule has 0 aliphatic carbocycles. The topological polar surface area (TPSA) is 34.4 Å². The lowest BCUT2D eigenvalue weighted by molar-refractivity contribution is 0.192. The summed E-state index contributed by atoms with van der Waals surface area (Å²) < 4.78 is 10.3. The zero-order chi connectivity index (χ0) is 11.6. The third kappa shape index (κ3) is 5.93. The van der Waals surface area contributed by atoms with E-state index in [4.69, 9.17) is 9.15 Å². The molecule has 0 aliphatic heterocycles. The van der Waals surface area contributed by atoms with Crippen LogP contribution in [0.2, 0.25) is 0 Å². The molecule has 1 heterocycles. The van der Waals surface area contributed by atoms with Crippen molar-refractivity contribution >= 4 is 0 Å². The van der Waals surface area contributed by atoms with E-state index < -0.39 is 0 Å². The Kier molecular flexibility index (Phi) is 6.93. The molecule has 0 aromatic carbocycles. The van der Waals surface area contributed by atoms with Crippen molar-refractivity contribution in [1.29, 1.82) is 0 Å². The Morgan fingerprint density at radius 3 is 2.94 bits per heavy atom. The van der Waals surface area contributed by atoms with E-state index in [-0.39, 0.29) is 0 Å². The van der Waals surface area contributed by atoms with Crippen molar-refractivity contribution in [3.05, 3.63) is 24.2 Å². The van der Waals surface area contributed by atoms with E-state index in [0.29, 0.717) is 6.04 Å². The van der Waals surface area contributed by atoms with Crippen LogP contribution < -0.4 is 5.32 Å². The smallest absolute Gasteiger partial charge is 0.105 e. The normalized spacial score (nSPS) is 12.9. The molecular formula is C13H23NO2. The minimum absolute atomic E-state index is 0.480. The summed E-state index contributed by atoms with van der Waals surface area (Å²) in [5.74, 6) is 1.05. The first-order valence-corrected chi connectivity index (χ1v) is 6.07. The molecule has 1 unspecified atom stereocenters. The van der Waals surface area contributed by atoms with Crippen molar-refractivity contribution < 1.29 is 9.15 Å². The molecule has 92 valence electrons. The van der Waals surface area contributed by atoms with Gasteiger partial charge in [-0.3, -0.25) is 0 Å². The lowest BCUT2D eigenvalue weighted by atomic mass is 10.2. The van der Waals surface area contributed by atoms with Gasteiger partial charge in [0, 0.05) is 26.2 Å². The molecule has 16 heavy (non-hydrogen) atoms. The summed E-state index contributed by atoms with van der Waals surface area (Å²) in [7, 11) is 1.75. The van der Waals surface area contributed by atoms with Gasteiger partial charge in [-0.05, 0) is 44.9 Å². The molecule has 0 spiro atoms. The molecule has 1 N–H and O–H groups in total. The van der Waals surface area contributed by atoms with Crippen molar-refractivity contribution in [1.82, 2.24) is 5.32 Å². The van der Waals surface area contributed by atoms with Crippen LogP contribution in [0.5, 0.6) is 0 Å².